The molecule has 0 unspecified atom stereocenters. The molecule has 0 aromatic carbocycles. The molecule has 2 rings (SSSR count). The van der Waals surface area contributed by atoms with Gasteiger partial charge in [-0.25, -0.2) is 13.4 Å². The maximum absolute atomic E-state index is 12.2. The first-order chi connectivity index (χ1) is 12.7. The van der Waals surface area contributed by atoms with Crippen LogP contribution < -0.4 is 15.5 Å². The van der Waals surface area contributed by atoms with E-state index in [2.05, 4.69) is 25.5 Å². The molecule has 0 saturated carbocycles. The Kier molecular flexibility index (Phi) is 9.96. The molecule has 7 nitrogen and oxygen atoms in total. The molecular formula is C19H34IN5O2S. The smallest absolute Gasteiger partial charge is 0.191 e. The number of aromatic nitrogens is 1. The van der Waals surface area contributed by atoms with E-state index in [1.54, 1.807) is 20.8 Å². The van der Waals surface area contributed by atoms with E-state index < -0.39 is 14.6 Å². The Hall–Kier alpha value is -1.10. The lowest BCUT2D eigenvalue weighted by Crippen LogP contribution is -2.49. The molecule has 28 heavy (non-hydrogen) atoms. The number of guanidine groups is 1. The van der Waals surface area contributed by atoms with Gasteiger partial charge in [0.15, 0.2) is 15.8 Å². The van der Waals surface area contributed by atoms with Gasteiger partial charge in [0.05, 0.1) is 17.0 Å². The number of rotatable bonds is 6. The van der Waals surface area contributed by atoms with Crippen molar-refractivity contribution in [2.75, 3.05) is 36.8 Å². The molecule has 0 atom stereocenters. The van der Waals surface area contributed by atoms with Crippen molar-refractivity contribution in [1.29, 1.82) is 0 Å². The predicted molar refractivity (Wildman–Crippen MR) is 128 cm³/mol. The van der Waals surface area contributed by atoms with E-state index >= 15 is 0 Å². The lowest BCUT2D eigenvalue weighted by atomic mass is 10.1. The molecule has 1 fully saturated rings. The normalized spacial score (nSPS) is 16.4. The summed E-state index contributed by atoms with van der Waals surface area (Å²) in [7, 11) is -3.16. The predicted octanol–water partition coefficient (Wildman–Crippen LogP) is 2.44. The van der Waals surface area contributed by atoms with Gasteiger partial charge >= 0.3 is 0 Å². The number of piperidine rings is 1. The summed E-state index contributed by atoms with van der Waals surface area (Å²) in [5.41, 5.74) is 0. The van der Waals surface area contributed by atoms with Gasteiger partial charge in [-0.1, -0.05) is 6.07 Å². The van der Waals surface area contributed by atoms with Crippen molar-refractivity contribution in [2.45, 2.75) is 51.3 Å². The molecule has 160 valence electrons. The van der Waals surface area contributed by atoms with E-state index in [1.165, 1.54) is 0 Å². The van der Waals surface area contributed by atoms with E-state index in [1.807, 2.05) is 31.3 Å². The molecule has 9 heteroatoms. The monoisotopic (exact) mass is 523 g/mol. The fourth-order valence-electron chi connectivity index (χ4n) is 2.89. The molecular weight excluding hydrogens is 489 g/mol. The molecule has 2 N–H and O–H groups in total. The molecule has 0 spiro atoms. The summed E-state index contributed by atoms with van der Waals surface area (Å²) in [6.45, 7) is 10.1. The van der Waals surface area contributed by atoms with Crippen LogP contribution in [-0.2, 0) is 9.84 Å². The zero-order valence-electron chi connectivity index (χ0n) is 17.3. The third-order valence-corrected chi connectivity index (χ3v) is 7.30. The van der Waals surface area contributed by atoms with Crippen molar-refractivity contribution >= 4 is 45.6 Å². The number of hydrogen-bond acceptors (Lipinski definition) is 5. The van der Waals surface area contributed by atoms with Crippen LogP contribution in [0.4, 0.5) is 5.82 Å². The summed E-state index contributed by atoms with van der Waals surface area (Å²) in [5, 5.41) is 6.67. The van der Waals surface area contributed by atoms with Crippen LogP contribution in [0, 0.1) is 0 Å². The molecule has 1 aliphatic rings. The summed E-state index contributed by atoms with van der Waals surface area (Å²) >= 11 is 0. The van der Waals surface area contributed by atoms with Gasteiger partial charge in [-0.2, -0.15) is 0 Å². The van der Waals surface area contributed by atoms with Crippen LogP contribution in [0.5, 0.6) is 0 Å². The molecule has 1 aliphatic heterocycles. The maximum Gasteiger partial charge on any atom is 0.191 e. The largest absolute Gasteiger partial charge is 0.357 e. The van der Waals surface area contributed by atoms with E-state index in [0.29, 0.717) is 12.0 Å². The number of sulfone groups is 1. The second-order valence-electron chi connectivity index (χ2n) is 7.79. The lowest BCUT2D eigenvalue weighted by molar-refractivity contribution is 0.459. The Labute approximate surface area is 186 Å². The molecule has 1 saturated heterocycles. The molecule has 0 amide bonds. The average Bonchev–Trinajstić information content (AvgIpc) is 2.62. The number of nitrogens with one attached hydrogen (secondary N) is 2. The van der Waals surface area contributed by atoms with Crippen molar-refractivity contribution in [3.8, 4) is 0 Å². The van der Waals surface area contributed by atoms with Crippen molar-refractivity contribution in [1.82, 2.24) is 15.6 Å². The summed E-state index contributed by atoms with van der Waals surface area (Å²) in [6, 6.07) is 6.29. The van der Waals surface area contributed by atoms with Crippen molar-refractivity contribution in [2.24, 2.45) is 4.99 Å². The number of pyridine rings is 1. The SMILES string of the molecule is CCNC(=NCCS(=O)(=O)C(C)(C)C)NC1CCN(c2ccccn2)CC1.I. The van der Waals surface area contributed by atoms with E-state index in [-0.39, 0.29) is 36.3 Å². The van der Waals surface area contributed by atoms with Crippen LogP contribution in [0.25, 0.3) is 0 Å². The van der Waals surface area contributed by atoms with E-state index in [9.17, 15) is 8.42 Å². The van der Waals surface area contributed by atoms with Crippen LogP contribution in [0.1, 0.15) is 40.5 Å². The summed E-state index contributed by atoms with van der Waals surface area (Å²) in [4.78, 5) is 11.2. The fourth-order valence-corrected chi connectivity index (χ4v) is 3.83. The molecule has 1 aromatic heterocycles. The van der Waals surface area contributed by atoms with E-state index in [0.717, 1.165) is 38.3 Å². The minimum absolute atomic E-state index is 0. The first kappa shape index (κ1) is 24.9. The number of nitrogens with zero attached hydrogens (tertiary/aromatic N) is 3. The van der Waals surface area contributed by atoms with E-state index in [4.69, 9.17) is 0 Å². The second-order valence-corrected chi connectivity index (χ2v) is 10.6. The highest BCUT2D eigenvalue weighted by Gasteiger charge is 2.28. The Morgan fingerprint density at radius 1 is 1.29 bits per heavy atom. The van der Waals surface area contributed by atoms with Gasteiger partial charge in [0, 0.05) is 31.9 Å². The molecule has 0 radical (unpaired) electrons. The first-order valence-electron chi connectivity index (χ1n) is 9.66. The van der Waals surface area contributed by atoms with Gasteiger partial charge in [-0.05, 0) is 52.7 Å². The summed E-state index contributed by atoms with van der Waals surface area (Å²) in [6.07, 6.45) is 3.80. The Balaban J connectivity index is 0.00000392. The molecule has 2 heterocycles. The summed E-state index contributed by atoms with van der Waals surface area (Å²) in [5.74, 6) is 1.77. The standard InChI is InChI=1S/C19H33N5O2S.HI/c1-5-20-18(22-12-15-27(25,26)19(2,3)4)23-16-9-13-24(14-10-16)17-8-6-7-11-21-17;/h6-8,11,16H,5,9-10,12-15H2,1-4H3,(H2,20,22,23);1H. The zero-order chi connectivity index (χ0) is 19.9. The van der Waals surface area contributed by atoms with Crippen LogP contribution in [0.2, 0.25) is 0 Å². The van der Waals surface area contributed by atoms with Gasteiger partial charge in [-0.15, -0.1) is 24.0 Å². The fraction of sp³-hybridized carbons (Fsp3) is 0.684. The number of anilines is 1. The lowest BCUT2D eigenvalue weighted by Gasteiger charge is -2.33. The third-order valence-electron chi connectivity index (χ3n) is 4.72. The molecule has 0 aliphatic carbocycles. The van der Waals surface area contributed by atoms with Gasteiger partial charge in [0.1, 0.15) is 5.82 Å². The highest BCUT2D eigenvalue weighted by atomic mass is 127. The Bertz CT molecular complexity index is 712. The van der Waals surface area contributed by atoms with Crippen LogP contribution >= 0.6 is 24.0 Å². The first-order valence-corrected chi connectivity index (χ1v) is 11.3. The quantitative estimate of drug-likeness (QED) is 0.339. The maximum atomic E-state index is 12.2. The molecule has 0 bridgehead atoms. The van der Waals surface area contributed by atoms with Crippen LogP contribution in [-0.4, -0.2) is 62.1 Å². The van der Waals surface area contributed by atoms with Gasteiger partial charge in [-0.3, -0.25) is 4.99 Å². The Morgan fingerprint density at radius 3 is 2.50 bits per heavy atom. The van der Waals surface area contributed by atoms with Crippen molar-refractivity contribution in [3.05, 3.63) is 24.4 Å². The van der Waals surface area contributed by atoms with Crippen molar-refractivity contribution < 1.29 is 8.42 Å². The highest BCUT2D eigenvalue weighted by Crippen LogP contribution is 2.17. The number of aliphatic imine (C=N–C) groups is 1. The van der Waals surface area contributed by atoms with Crippen LogP contribution in [0.3, 0.4) is 0 Å². The Morgan fingerprint density at radius 2 is 1.96 bits per heavy atom. The highest BCUT2D eigenvalue weighted by molar-refractivity contribution is 14.0. The van der Waals surface area contributed by atoms with Gasteiger partial charge in [0.25, 0.3) is 0 Å². The third kappa shape index (κ3) is 7.38. The second kappa shape index (κ2) is 11.2. The van der Waals surface area contributed by atoms with Gasteiger partial charge < -0.3 is 15.5 Å². The molecule has 1 aromatic rings. The minimum atomic E-state index is -3.16. The zero-order valence-corrected chi connectivity index (χ0v) is 20.5. The minimum Gasteiger partial charge on any atom is -0.357 e. The van der Waals surface area contributed by atoms with Gasteiger partial charge in [0.2, 0.25) is 0 Å². The summed E-state index contributed by atoms with van der Waals surface area (Å²) < 4.78 is 23.7. The van der Waals surface area contributed by atoms with Crippen molar-refractivity contribution in [3.63, 3.8) is 0 Å². The van der Waals surface area contributed by atoms with Crippen LogP contribution in [0.15, 0.2) is 29.4 Å². The number of halogens is 1. The number of hydrogen-bond donors (Lipinski definition) is 2. The average molecular weight is 523 g/mol. The topological polar surface area (TPSA) is 86.7 Å².